The van der Waals surface area contributed by atoms with Crippen LogP contribution in [0.5, 0.6) is 0 Å². The van der Waals surface area contributed by atoms with E-state index in [1.54, 1.807) is 72.4 Å². The van der Waals surface area contributed by atoms with Crippen LogP contribution in [0.1, 0.15) is 26.3 Å². The molecule has 0 aliphatic heterocycles. The van der Waals surface area contributed by atoms with Gasteiger partial charge in [0.2, 0.25) is 0 Å². The van der Waals surface area contributed by atoms with E-state index in [0.29, 0.717) is 33.3 Å². The summed E-state index contributed by atoms with van der Waals surface area (Å²) < 4.78 is 1.60. The van der Waals surface area contributed by atoms with Gasteiger partial charge < -0.3 is 16.4 Å². The van der Waals surface area contributed by atoms with Gasteiger partial charge in [0.15, 0.2) is 0 Å². The molecule has 2 amide bonds. The SMILES string of the molecule is Cn1nc(-c2ccc(NC(=O)c3ccccc3Cl)cc2)cc1NC(=O)c1cccc(C#CCN)c1. The number of carbonyl (C=O) groups is 2. The van der Waals surface area contributed by atoms with Gasteiger partial charge in [0.25, 0.3) is 11.8 Å². The zero-order chi connectivity index (χ0) is 24.8. The van der Waals surface area contributed by atoms with Gasteiger partial charge in [0, 0.05) is 35.5 Å². The number of aromatic nitrogens is 2. The van der Waals surface area contributed by atoms with Crippen LogP contribution in [0.25, 0.3) is 11.3 Å². The number of aryl methyl sites for hydroxylation is 1. The molecule has 0 bridgehead atoms. The lowest BCUT2D eigenvalue weighted by Crippen LogP contribution is -2.14. The van der Waals surface area contributed by atoms with E-state index in [1.807, 2.05) is 18.2 Å². The largest absolute Gasteiger partial charge is 0.322 e. The minimum atomic E-state index is -0.288. The van der Waals surface area contributed by atoms with Crippen molar-refractivity contribution < 1.29 is 9.59 Å². The second kappa shape index (κ2) is 10.7. The maximum atomic E-state index is 12.8. The fraction of sp³-hybridized carbons (Fsp3) is 0.0741. The number of carbonyl (C=O) groups excluding carboxylic acids is 2. The normalized spacial score (nSPS) is 10.3. The van der Waals surface area contributed by atoms with Crippen molar-refractivity contribution in [3.63, 3.8) is 0 Å². The number of benzene rings is 3. The van der Waals surface area contributed by atoms with Crippen molar-refractivity contribution >= 4 is 34.9 Å². The molecule has 0 radical (unpaired) electrons. The molecule has 35 heavy (non-hydrogen) atoms. The van der Waals surface area contributed by atoms with Crippen LogP contribution in [0, 0.1) is 11.8 Å². The summed E-state index contributed by atoms with van der Waals surface area (Å²) in [6.45, 7) is 0.253. The third-order valence-corrected chi connectivity index (χ3v) is 5.47. The Kier molecular flexibility index (Phi) is 7.27. The van der Waals surface area contributed by atoms with E-state index in [4.69, 9.17) is 17.3 Å². The quantitative estimate of drug-likeness (QED) is 0.362. The van der Waals surface area contributed by atoms with Gasteiger partial charge in [-0.05, 0) is 42.5 Å². The van der Waals surface area contributed by atoms with Crippen molar-refractivity contribution in [1.82, 2.24) is 9.78 Å². The standard InChI is InChI=1S/C27H22ClN5O2/c1-33-25(31-26(34)20-8-4-6-18(16-20)7-5-15-29)17-24(32-33)19-11-13-21(14-12-19)30-27(35)22-9-2-3-10-23(22)28/h2-4,6,8-14,16-17H,15,29H2,1H3,(H,30,35)(H,31,34). The van der Waals surface area contributed by atoms with Crippen LogP contribution >= 0.6 is 11.6 Å². The lowest BCUT2D eigenvalue weighted by atomic mass is 10.1. The fourth-order valence-electron chi connectivity index (χ4n) is 3.37. The molecule has 1 heterocycles. The van der Waals surface area contributed by atoms with E-state index in [1.165, 1.54) is 0 Å². The smallest absolute Gasteiger partial charge is 0.257 e. The van der Waals surface area contributed by atoms with Crippen LogP contribution in [-0.4, -0.2) is 28.1 Å². The summed E-state index contributed by atoms with van der Waals surface area (Å²) in [5, 5.41) is 10.6. The second-order valence-corrected chi connectivity index (χ2v) is 8.00. The van der Waals surface area contributed by atoms with Crippen LogP contribution < -0.4 is 16.4 Å². The summed E-state index contributed by atoms with van der Waals surface area (Å²) in [6, 6.07) is 22.9. The Morgan fingerprint density at radius 2 is 1.74 bits per heavy atom. The molecule has 7 nitrogen and oxygen atoms in total. The molecule has 0 unspecified atom stereocenters. The predicted octanol–water partition coefficient (Wildman–Crippen LogP) is 4.56. The molecule has 0 aliphatic rings. The number of hydrogen-bond acceptors (Lipinski definition) is 4. The molecule has 0 fully saturated rings. The van der Waals surface area contributed by atoms with Crippen molar-refractivity contribution in [2.45, 2.75) is 0 Å². The van der Waals surface area contributed by atoms with Crippen LogP contribution in [-0.2, 0) is 7.05 Å². The van der Waals surface area contributed by atoms with Gasteiger partial charge in [0.1, 0.15) is 5.82 Å². The van der Waals surface area contributed by atoms with E-state index >= 15 is 0 Å². The molecule has 0 atom stereocenters. The molecule has 4 aromatic rings. The lowest BCUT2D eigenvalue weighted by molar-refractivity contribution is 0.101. The van der Waals surface area contributed by atoms with Gasteiger partial charge in [0.05, 0.1) is 22.8 Å². The summed E-state index contributed by atoms with van der Waals surface area (Å²) in [6.07, 6.45) is 0. The average Bonchev–Trinajstić information content (AvgIpc) is 3.23. The number of nitrogens with zero attached hydrogens (tertiary/aromatic N) is 2. The van der Waals surface area contributed by atoms with Crippen molar-refractivity contribution in [2.75, 3.05) is 17.2 Å². The topological polar surface area (TPSA) is 102 Å². The molecule has 1 aromatic heterocycles. The zero-order valence-electron chi connectivity index (χ0n) is 18.9. The van der Waals surface area contributed by atoms with E-state index in [9.17, 15) is 9.59 Å². The highest BCUT2D eigenvalue weighted by atomic mass is 35.5. The Morgan fingerprint density at radius 3 is 2.49 bits per heavy atom. The van der Waals surface area contributed by atoms with Crippen molar-refractivity contribution in [3.8, 4) is 23.1 Å². The Labute approximate surface area is 207 Å². The first-order valence-corrected chi connectivity index (χ1v) is 11.1. The van der Waals surface area contributed by atoms with Crippen molar-refractivity contribution in [2.24, 2.45) is 12.8 Å². The molecule has 0 saturated heterocycles. The average molecular weight is 484 g/mol. The zero-order valence-corrected chi connectivity index (χ0v) is 19.6. The van der Waals surface area contributed by atoms with Crippen LogP contribution in [0.4, 0.5) is 11.5 Å². The summed E-state index contributed by atoms with van der Waals surface area (Å²) >= 11 is 6.10. The lowest BCUT2D eigenvalue weighted by Gasteiger charge is -2.07. The van der Waals surface area contributed by atoms with E-state index in [0.717, 1.165) is 11.1 Å². The van der Waals surface area contributed by atoms with E-state index in [-0.39, 0.29) is 18.4 Å². The van der Waals surface area contributed by atoms with Crippen molar-refractivity contribution in [1.29, 1.82) is 0 Å². The monoisotopic (exact) mass is 483 g/mol. The first-order valence-electron chi connectivity index (χ1n) is 10.8. The molecular weight excluding hydrogens is 462 g/mol. The Balaban J connectivity index is 1.46. The molecule has 4 N–H and O–H groups in total. The maximum absolute atomic E-state index is 12.8. The van der Waals surface area contributed by atoms with Crippen LogP contribution in [0.2, 0.25) is 5.02 Å². The predicted molar refractivity (Wildman–Crippen MR) is 138 cm³/mol. The van der Waals surface area contributed by atoms with Crippen LogP contribution in [0.3, 0.4) is 0 Å². The fourth-order valence-corrected chi connectivity index (χ4v) is 3.59. The highest BCUT2D eigenvalue weighted by Crippen LogP contribution is 2.24. The molecule has 8 heteroatoms. The number of nitrogens with one attached hydrogen (secondary N) is 2. The minimum Gasteiger partial charge on any atom is -0.322 e. The summed E-state index contributed by atoms with van der Waals surface area (Å²) in [5.41, 5.74) is 9.15. The molecule has 4 rings (SSSR count). The van der Waals surface area contributed by atoms with Gasteiger partial charge >= 0.3 is 0 Å². The third kappa shape index (κ3) is 5.76. The van der Waals surface area contributed by atoms with E-state index in [2.05, 4.69) is 27.6 Å². The number of halogens is 1. The number of amides is 2. The molecule has 3 aromatic carbocycles. The van der Waals surface area contributed by atoms with Gasteiger partial charge in [-0.2, -0.15) is 5.10 Å². The molecule has 174 valence electrons. The van der Waals surface area contributed by atoms with Crippen molar-refractivity contribution in [3.05, 3.63) is 101 Å². The Bertz CT molecular complexity index is 1450. The van der Waals surface area contributed by atoms with Gasteiger partial charge in [-0.25, -0.2) is 0 Å². The second-order valence-electron chi connectivity index (χ2n) is 7.59. The molecule has 0 spiro atoms. The number of anilines is 2. The summed E-state index contributed by atoms with van der Waals surface area (Å²) in [5.74, 6) is 5.69. The highest BCUT2D eigenvalue weighted by molar-refractivity contribution is 6.34. The third-order valence-electron chi connectivity index (χ3n) is 5.14. The highest BCUT2D eigenvalue weighted by Gasteiger charge is 2.13. The summed E-state index contributed by atoms with van der Waals surface area (Å²) in [4.78, 5) is 25.2. The molecular formula is C27H22ClN5O2. The van der Waals surface area contributed by atoms with Gasteiger partial charge in [-0.15, -0.1) is 0 Å². The first kappa shape index (κ1) is 23.8. The Morgan fingerprint density at radius 1 is 0.971 bits per heavy atom. The van der Waals surface area contributed by atoms with Crippen LogP contribution in [0.15, 0.2) is 78.9 Å². The molecule has 0 saturated carbocycles. The summed E-state index contributed by atoms with van der Waals surface area (Å²) in [7, 11) is 1.75. The number of nitrogens with two attached hydrogens (primary N) is 1. The molecule has 0 aliphatic carbocycles. The minimum absolute atomic E-state index is 0.253. The number of hydrogen-bond donors (Lipinski definition) is 3. The number of rotatable bonds is 5. The van der Waals surface area contributed by atoms with Gasteiger partial charge in [-0.1, -0.05) is 53.8 Å². The maximum Gasteiger partial charge on any atom is 0.257 e. The van der Waals surface area contributed by atoms with Gasteiger partial charge in [-0.3, -0.25) is 14.3 Å². The Hall–Kier alpha value is -4.38. The van der Waals surface area contributed by atoms with E-state index < -0.39 is 0 Å². The first-order chi connectivity index (χ1) is 16.9.